The van der Waals surface area contributed by atoms with E-state index < -0.39 is 6.10 Å². The quantitative estimate of drug-likeness (QED) is 0.111. The number of hydrogen-bond donors (Lipinski definition) is 3. The van der Waals surface area contributed by atoms with Gasteiger partial charge in [0.2, 0.25) is 6.41 Å². The molecule has 0 bridgehead atoms. The van der Waals surface area contributed by atoms with Gasteiger partial charge in [-0.05, 0) is 70.6 Å². The van der Waals surface area contributed by atoms with E-state index in [0.717, 1.165) is 17.9 Å². The van der Waals surface area contributed by atoms with Gasteiger partial charge in [-0.2, -0.15) is 5.26 Å². The van der Waals surface area contributed by atoms with Crippen LogP contribution in [-0.2, 0) is 14.3 Å². The molecule has 3 atom stereocenters. The third-order valence-electron chi connectivity index (χ3n) is 6.83. The van der Waals surface area contributed by atoms with Crippen LogP contribution in [0, 0.1) is 29.1 Å². The number of carbonyl (C=O) groups is 2. The molecule has 2 fully saturated rings. The van der Waals surface area contributed by atoms with E-state index in [1.54, 1.807) is 13.1 Å². The average molecular weight is 561 g/mol. The van der Waals surface area contributed by atoms with Crippen LogP contribution in [0.4, 0.5) is 0 Å². The lowest BCUT2D eigenvalue weighted by molar-refractivity contribution is -0.122. The number of nitrogens with zero attached hydrogens (tertiary/aromatic N) is 1. The summed E-state index contributed by atoms with van der Waals surface area (Å²) in [4.78, 5) is 20.9. The number of rotatable bonds is 15. The van der Waals surface area contributed by atoms with Crippen molar-refractivity contribution in [1.82, 2.24) is 16.0 Å². The minimum atomic E-state index is -0.470. The maximum Gasteiger partial charge on any atom is 0.207 e. The second kappa shape index (κ2) is 25.2. The highest BCUT2D eigenvalue weighted by Gasteiger charge is 2.27. The number of amides is 1. The van der Waals surface area contributed by atoms with E-state index in [2.05, 4.69) is 56.5 Å². The van der Waals surface area contributed by atoms with E-state index in [1.807, 2.05) is 20.0 Å². The van der Waals surface area contributed by atoms with E-state index in [9.17, 15) is 9.59 Å². The average Bonchev–Trinajstić information content (AvgIpc) is 3.75. The number of unbranched alkanes of at least 4 members (excludes halogenated alkanes) is 1. The number of ketones is 1. The fraction of sp³-hybridized carbons (Fsp3) is 0.727. The predicted molar refractivity (Wildman–Crippen MR) is 168 cm³/mol. The molecule has 7 heteroatoms. The standard InChI is InChI=1S/C15H24N2O.C8H13NO2.C7H16.C3H7N/c1-11(2)15(14-8-6-5-7-9-14)17-13(4)18-12(3)10-16;1-6(11)8(9-5-10)4-7-2-3-7;1-4-5-6-7(2)3;1-3-4-2/h12,14-15,17H,1,4-9H2,2-3H3;5,7-8H,2-4H2,1H3,(H,9,10);7H,4-6H2,1-3H3;3-4H,1H2,2H3. The number of nitriles is 1. The summed E-state index contributed by atoms with van der Waals surface area (Å²) < 4.78 is 5.36. The van der Waals surface area contributed by atoms with Crippen LogP contribution in [0.25, 0.3) is 0 Å². The Morgan fingerprint density at radius 3 is 2.02 bits per heavy atom. The van der Waals surface area contributed by atoms with Gasteiger partial charge in [0.05, 0.1) is 12.1 Å². The van der Waals surface area contributed by atoms with Gasteiger partial charge < -0.3 is 20.7 Å². The van der Waals surface area contributed by atoms with Gasteiger partial charge in [-0.25, -0.2) is 0 Å². The number of Topliss-reactive ketones (excluding diaryl/α,β-unsaturated/α-hetero) is 1. The Morgan fingerprint density at radius 2 is 1.68 bits per heavy atom. The summed E-state index contributed by atoms with van der Waals surface area (Å²) in [6.07, 6.45) is 15.5. The fourth-order valence-corrected chi connectivity index (χ4v) is 4.29. The van der Waals surface area contributed by atoms with E-state index in [-0.39, 0.29) is 17.9 Å². The van der Waals surface area contributed by atoms with E-state index in [4.69, 9.17) is 10.00 Å². The molecule has 1 amide bonds. The Labute approximate surface area is 246 Å². The summed E-state index contributed by atoms with van der Waals surface area (Å²) in [6.45, 7) is 23.3. The molecule has 3 N–H and O–H groups in total. The lowest BCUT2D eigenvalue weighted by Gasteiger charge is -2.32. The van der Waals surface area contributed by atoms with Gasteiger partial charge in [0.1, 0.15) is 6.07 Å². The Morgan fingerprint density at radius 1 is 1.10 bits per heavy atom. The largest absolute Gasteiger partial charge is 0.462 e. The van der Waals surface area contributed by atoms with E-state index in [0.29, 0.717) is 24.1 Å². The number of nitrogens with one attached hydrogen (secondary N) is 3. The van der Waals surface area contributed by atoms with Crippen molar-refractivity contribution in [1.29, 1.82) is 5.26 Å². The first-order valence-electron chi connectivity index (χ1n) is 15.1. The molecule has 7 nitrogen and oxygen atoms in total. The molecule has 0 heterocycles. The minimum Gasteiger partial charge on any atom is -0.462 e. The Kier molecular flexibility index (Phi) is 24.9. The molecule has 3 unspecified atom stereocenters. The molecule has 2 aliphatic rings. The number of carbonyl (C=O) groups excluding carboxylic acids is 2. The van der Waals surface area contributed by atoms with Gasteiger partial charge in [0.25, 0.3) is 0 Å². The third kappa shape index (κ3) is 23.2. The molecule has 2 saturated carbocycles. The lowest BCUT2D eigenvalue weighted by Crippen LogP contribution is -2.38. The summed E-state index contributed by atoms with van der Waals surface area (Å²) >= 11 is 0. The molecule has 230 valence electrons. The smallest absolute Gasteiger partial charge is 0.207 e. The van der Waals surface area contributed by atoms with Gasteiger partial charge in [-0.3, -0.25) is 9.59 Å². The van der Waals surface area contributed by atoms with Crippen LogP contribution in [-0.4, -0.2) is 37.4 Å². The summed E-state index contributed by atoms with van der Waals surface area (Å²) in [7, 11) is 1.81. The maximum absolute atomic E-state index is 10.9. The van der Waals surface area contributed by atoms with Crippen molar-refractivity contribution in [3.05, 3.63) is 37.4 Å². The second-order valence-electron chi connectivity index (χ2n) is 11.3. The molecule has 0 spiro atoms. The SMILES string of the molecule is C=C(NC(C(=C)C)C1CCCCC1)OC(C)C#N.C=CNC.CC(=O)C(CC1CC1)NC=O.CCCCC(C)C. The minimum absolute atomic E-state index is 0.0593. The molecular formula is C33H60N4O3. The van der Waals surface area contributed by atoms with Crippen LogP contribution in [0.1, 0.15) is 112 Å². The summed E-state index contributed by atoms with van der Waals surface area (Å²) in [5, 5.41) is 17.2. The zero-order valence-electron chi connectivity index (χ0n) is 26.7. The molecule has 0 aromatic rings. The van der Waals surface area contributed by atoms with Gasteiger partial charge in [0.15, 0.2) is 17.8 Å². The highest BCUT2D eigenvalue weighted by atomic mass is 16.5. The van der Waals surface area contributed by atoms with Crippen molar-refractivity contribution >= 4 is 12.2 Å². The predicted octanol–water partition coefficient (Wildman–Crippen LogP) is 7.17. The molecule has 0 radical (unpaired) electrons. The fourth-order valence-electron chi connectivity index (χ4n) is 4.29. The summed E-state index contributed by atoms with van der Waals surface area (Å²) in [5.74, 6) is 2.72. The van der Waals surface area contributed by atoms with Crippen LogP contribution >= 0.6 is 0 Å². The van der Waals surface area contributed by atoms with Crippen LogP contribution in [0.15, 0.2) is 37.4 Å². The highest BCUT2D eigenvalue weighted by Crippen LogP contribution is 2.33. The first kappa shape index (κ1) is 39.4. The zero-order chi connectivity index (χ0) is 30.9. The molecule has 0 saturated heterocycles. The van der Waals surface area contributed by atoms with Crippen molar-refractivity contribution in [3.63, 3.8) is 0 Å². The van der Waals surface area contributed by atoms with Crippen molar-refractivity contribution in [2.75, 3.05) is 7.05 Å². The monoisotopic (exact) mass is 560 g/mol. The van der Waals surface area contributed by atoms with Crippen molar-refractivity contribution in [3.8, 4) is 6.07 Å². The molecule has 0 aliphatic heterocycles. The molecule has 2 aliphatic carbocycles. The highest BCUT2D eigenvalue weighted by molar-refractivity contribution is 5.83. The second-order valence-corrected chi connectivity index (χ2v) is 11.3. The molecule has 0 aromatic heterocycles. The normalized spacial score (nSPS) is 16.3. The summed E-state index contributed by atoms with van der Waals surface area (Å²) in [5.41, 5.74) is 1.11. The zero-order valence-corrected chi connectivity index (χ0v) is 26.7. The van der Waals surface area contributed by atoms with Crippen LogP contribution in [0.3, 0.4) is 0 Å². The number of ether oxygens (including phenoxy) is 1. The van der Waals surface area contributed by atoms with Crippen molar-refractivity contribution in [2.24, 2.45) is 17.8 Å². The maximum atomic E-state index is 10.9. The van der Waals surface area contributed by atoms with E-state index in [1.165, 1.54) is 71.1 Å². The molecule has 0 aromatic carbocycles. The van der Waals surface area contributed by atoms with Gasteiger partial charge in [-0.15, -0.1) is 0 Å². The van der Waals surface area contributed by atoms with Crippen LogP contribution in [0.2, 0.25) is 0 Å². The van der Waals surface area contributed by atoms with Gasteiger partial charge >= 0.3 is 0 Å². The topological polar surface area (TPSA) is 103 Å². The van der Waals surface area contributed by atoms with Gasteiger partial charge in [0, 0.05) is 7.05 Å². The van der Waals surface area contributed by atoms with Crippen LogP contribution < -0.4 is 16.0 Å². The summed E-state index contributed by atoms with van der Waals surface area (Å²) in [6, 6.07) is 2.01. The Balaban J connectivity index is 0. The number of hydrogen-bond acceptors (Lipinski definition) is 6. The van der Waals surface area contributed by atoms with Crippen molar-refractivity contribution in [2.45, 2.75) is 130 Å². The van der Waals surface area contributed by atoms with E-state index >= 15 is 0 Å². The van der Waals surface area contributed by atoms with Gasteiger partial charge in [-0.1, -0.05) is 90.9 Å². The van der Waals surface area contributed by atoms with Crippen LogP contribution in [0.5, 0.6) is 0 Å². The Hall–Kier alpha value is -2.75. The lowest BCUT2D eigenvalue weighted by atomic mass is 9.81. The first-order valence-corrected chi connectivity index (χ1v) is 15.1. The molecule has 2 rings (SSSR count). The Bertz CT molecular complexity index is 749. The third-order valence-corrected chi connectivity index (χ3v) is 6.83. The molecule has 40 heavy (non-hydrogen) atoms. The first-order chi connectivity index (χ1) is 19.0. The van der Waals surface area contributed by atoms with Crippen molar-refractivity contribution < 1.29 is 14.3 Å². The molecular weight excluding hydrogens is 500 g/mol.